The minimum Gasteiger partial charge on any atom is -0.354 e. The van der Waals surface area contributed by atoms with E-state index in [2.05, 4.69) is 42.8 Å². The van der Waals surface area contributed by atoms with Gasteiger partial charge in [-0.25, -0.2) is 9.97 Å². The second-order valence-corrected chi connectivity index (χ2v) is 7.54. The minimum absolute atomic E-state index is 0.0858. The molecule has 0 radical (unpaired) electrons. The van der Waals surface area contributed by atoms with E-state index in [-0.39, 0.29) is 30.8 Å². The number of nitrogens with zero attached hydrogens (tertiary/aromatic N) is 4. The Morgan fingerprint density at radius 2 is 1.59 bits per heavy atom. The molecule has 0 unspecified atom stereocenters. The Hall–Kier alpha value is -3.53. The van der Waals surface area contributed by atoms with Crippen molar-refractivity contribution in [3.63, 3.8) is 0 Å². The van der Waals surface area contributed by atoms with Crippen molar-refractivity contribution in [3.8, 4) is 0 Å². The highest BCUT2D eigenvalue weighted by Crippen LogP contribution is 2.13. The Balaban J connectivity index is 1.43. The zero-order valence-corrected chi connectivity index (χ0v) is 18.4. The Morgan fingerprint density at radius 3 is 2.25 bits per heavy atom. The maximum atomic E-state index is 12.4. The van der Waals surface area contributed by atoms with E-state index < -0.39 is 0 Å². The van der Waals surface area contributed by atoms with Gasteiger partial charge in [0.25, 0.3) is 11.8 Å². The van der Waals surface area contributed by atoms with Crippen LogP contribution < -0.4 is 20.9 Å². The summed E-state index contributed by atoms with van der Waals surface area (Å²) in [7, 11) is 2.08. The van der Waals surface area contributed by atoms with E-state index in [0.717, 1.165) is 32.0 Å². The topological polar surface area (TPSA) is 120 Å². The first-order valence-electron chi connectivity index (χ1n) is 10.7. The van der Waals surface area contributed by atoms with Gasteiger partial charge in [-0.3, -0.25) is 14.4 Å². The molecule has 0 spiro atoms. The molecule has 10 nitrogen and oxygen atoms in total. The van der Waals surface area contributed by atoms with Gasteiger partial charge >= 0.3 is 0 Å². The van der Waals surface area contributed by atoms with Crippen molar-refractivity contribution in [3.05, 3.63) is 47.9 Å². The van der Waals surface area contributed by atoms with Crippen molar-refractivity contribution in [2.24, 2.45) is 0 Å². The highest BCUT2D eigenvalue weighted by molar-refractivity contribution is 5.96. The fourth-order valence-electron chi connectivity index (χ4n) is 3.18. The second-order valence-electron chi connectivity index (χ2n) is 7.54. The Bertz CT molecular complexity index is 941. The van der Waals surface area contributed by atoms with Crippen molar-refractivity contribution in [2.45, 2.75) is 13.3 Å². The maximum Gasteiger partial charge on any atom is 0.270 e. The van der Waals surface area contributed by atoms with Crippen LogP contribution in [0.25, 0.3) is 0 Å². The molecule has 1 aliphatic rings. The predicted molar refractivity (Wildman–Crippen MR) is 122 cm³/mol. The molecule has 3 N–H and O–H groups in total. The molecule has 1 saturated heterocycles. The average Bonchev–Trinajstić information content (AvgIpc) is 2.82. The normalized spacial score (nSPS) is 14.0. The standard InChI is InChI=1S/C22H29N7O3/c1-3-20(30)27-17-6-4-16(5-7-17)21(31)23-8-9-24-22(32)18-14-19(26-15-25-18)29-12-10-28(2)11-13-29/h4-7,14-15H,3,8-13H2,1-2H3,(H,23,31)(H,24,32)(H,27,30). The van der Waals surface area contributed by atoms with Crippen LogP contribution in [0.4, 0.5) is 11.5 Å². The SMILES string of the molecule is CCC(=O)Nc1ccc(C(=O)NCCNC(=O)c2cc(N3CCN(C)CC3)ncn2)cc1. The number of aromatic nitrogens is 2. The van der Waals surface area contributed by atoms with Gasteiger partial charge in [0.05, 0.1) is 0 Å². The van der Waals surface area contributed by atoms with E-state index in [4.69, 9.17) is 0 Å². The van der Waals surface area contributed by atoms with Gasteiger partial charge < -0.3 is 25.8 Å². The van der Waals surface area contributed by atoms with Crippen molar-refractivity contribution < 1.29 is 14.4 Å². The quantitative estimate of drug-likeness (QED) is 0.519. The summed E-state index contributed by atoms with van der Waals surface area (Å²) in [6, 6.07) is 8.33. The van der Waals surface area contributed by atoms with Crippen LogP contribution in [-0.4, -0.2) is 78.9 Å². The van der Waals surface area contributed by atoms with Gasteiger partial charge in [-0.05, 0) is 31.3 Å². The summed E-state index contributed by atoms with van der Waals surface area (Å²) in [5.41, 5.74) is 1.41. The summed E-state index contributed by atoms with van der Waals surface area (Å²) in [5, 5.41) is 8.25. The maximum absolute atomic E-state index is 12.4. The number of amides is 3. The monoisotopic (exact) mass is 439 g/mol. The third-order valence-electron chi connectivity index (χ3n) is 5.16. The lowest BCUT2D eigenvalue weighted by molar-refractivity contribution is -0.115. The summed E-state index contributed by atoms with van der Waals surface area (Å²) in [5.74, 6) is 0.0856. The fourth-order valence-corrected chi connectivity index (χ4v) is 3.18. The molecule has 1 aliphatic heterocycles. The molecule has 0 saturated carbocycles. The molecule has 32 heavy (non-hydrogen) atoms. The summed E-state index contributed by atoms with van der Waals surface area (Å²) in [6.45, 7) is 5.91. The molecule has 1 fully saturated rings. The van der Waals surface area contributed by atoms with Gasteiger partial charge in [0.2, 0.25) is 5.91 Å². The zero-order chi connectivity index (χ0) is 22.9. The Labute approximate surface area is 187 Å². The molecule has 10 heteroatoms. The Kier molecular flexibility index (Phi) is 8.09. The molecule has 170 valence electrons. The number of nitrogens with one attached hydrogen (secondary N) is 3. The lowest BCUT2D eigenvalue weighted by Crippen LogP contribution is -2.45. The van der Waals surface area contributed by atoms with Gasteiger partial charge in [-0.2, -0.15) is 0 Å². The number of likely N-dealkylation sites (N-methyl/N-ethyl adjacent to an activating group) is 1. The lowest BCUT2D eigenvalue weighted by Gasteiger charge is -2.33. The number of carbonyl (C=O) groups excluding carboxylic acids is 3. The van der Waals surface area contributed by atoms with Gasteiger partial charge in [-0.15, -0.1) is 0 Å². The van der Waals surface area contributed by atoms with Gasteiger partial charge in [-0.1, -0.05) is 6.92 Å². The van der Waals surface area contributed by atoms with Crippen LogP contribution in [0.3, 0.4) is 0 Å². The molecular weight excluding hydrogens is 410 g/mol. The number of carbonyl (C=O) groups is 3. The number of rotatable bonds is 8. The van der Waals surface area contributed by atoms with E-state index in [1.165, 1.54) is 6.33 Å². The third-order valence-corrected chi connectivity index (χ3v) is 5.16. The number of piperazine rings is 1. The average molecular weight is 440 g/mol. The van der Waals surface area contributed by atoms with E-state index >= 15 is 0 Å². The molecule has 2 heterocycles. The number of hydrogen-bond donors (Lipinski definition) is 3. The van der Waals surface area contributed by atoms with Crippen LogP contribution in [0.5, 0.6) is 0 Å². The van der Waals surface area contributed by atoms with E-state index in [9.17, 15) is 14.4 Å². The predicted octanol–water partition coefficient (Wildman–Crippen LogP) is 0.737. The first kappa shape index (κ1) is 23.1. The van der Waals surface area contributed by atoms with Crippen LogP contribution in [-0.2, 0) is 4.79 Å². The zero-order valence-electron chi connectivity index (χ0n) is 18.4. The number of benzene rings is 1. The summed E-state index contributed by atoms with van der Waals surface area (Å²) in [4.78, 5) is 48.8. The summed E-state index contributed by atoms with van der Waals surface area (Å²) < 4.78 is 0. The fraction of sp³-hybridized carbons (Fsp3) is 0.409. The molecule has 0 atom stereocenters. The van der Waals surface area contributed by atoms with Crippen LogP contribution in [0.15, 0.2) is 36.7 Å². The van der Waals surface area contributed by atoms with E-state index in [1.807, 2.05) is 0 Å². The third kappa shape index (κ3) is 6.48. The lowest BCUT2D eigenvalue weighted by atomic mass is 10.2. The molecule has 2 aromatic rings. The largest absolute Gasteiger partial charge is 0.354 e. The minimum atomic E-state index is -0.312. The van der Waals surface area contributed by atoms with E-state index in [0.29, 0.717) is 23.4 Å². The highest BCUT2D eigenvalue weighted by atomic mass is 16.2. The molecule has 0 bridgehead atoms. The van der Waals surface area contributed by atoms with Crippen LogP contribution >= 0.6 is 0 Å². The van der Waals surface area contributed by atoms with E-state index in [1.54, 1.807) is 37.3 Å². The number of anilines is 2. The smallest absolute Gasteiger partial charge is 0.270 e. The van der Waals surface area contributed by atoms with Crippen LogP contribution in [0.2, 0.25) is 0 Å². The Morgan fingerprint density at radius 1 is 0.938 bits per heavy atom. The summed E-state index contributed by atoms with van der Waals surface area (Å²) >= 11 is 0. The highest BCUT2D eigenvalue weighted by Gasteiger charge is 2.17. The van der Waals surface area contributed by atoms with Crippen molar-refractivity contribution in [1.29, 1.82) is 0 Å². The van der Waals surface area contributed by atoms with Gasteiger partial charge in [0.15, 0.2) is 0 Å². The molecule has 1 aromatic heterocycles. The first-order chi connectivity index (χ1) is 15.5. The van der Waals surface area contributed by atoms with Crippen LogP contribution in [0, 0.1) is 0 Å². The van der Waals surface area contributed by atoms with Gasteiger partial charge in [0, 0.05) is 63.0 Å². The molecular formula is C22H29N7O3. The van der Waals surface area contributed by atoms with Crippen LogP contribution in [0.1, 0.15) is 34.2 Å². The molecule has 3 amide bonds. The molecule has 0 aliphatic carbocycles. The van der Waals surface area contributed by atoms with Crippen molar-refractivity contribution in [1.82, 2.24) is 25.5 Å². The first-order valence-corrected chi connectivity index (χ1v) is 10.7. The second kappa shape index (κ2) is 11.2. The van der Waals surface area contributed by atoms with Crippen molar-refractivity contribution >= 4 is 29.2 Å². The summed E-state index contributed by atoms with van der Waals surface area (Å²) in [6.07, 6.45) is 1.79. The van der Waals surface area contributed by atoms with Gasteiger partial charge in [0.1, 0.15) is 17.8 Å². The number of hydrogen-bond acceptors (Lipinski definition) is 7. The van der Waals surface area contributed by atoms with Crippen molar-refractivity contribution in [2.75, 3.05) is 56.5 Å². The molecule has 3 rings (SSSR count). The molecule has 1 aromatic carbocycles.